The van der Waals surface area contributed by atoms with Gasteiger partial charge in [-0.25, -0.2) is 0 Å². The summed E-state index contributed by atoms with van der Waals surface area (Å²) < 4.78 is 0. The minimum absolute atomic E-state index is 0.458. The molecule has 1 unspecified atom stereocenters. The molecule has 1 atom stereocenters. The number of carbonyl (C=O) groups excluding carboxylic acids is 1. The molecule has 14 heavy (non-hydrogen) atoms. The molecule has 0 saturated heterocycles. The number of rotatable bonds is 3. The highest BCUT2D eigenvalue weighted by molar-refractivity contribution is 5.84. The molecule has 0 aromatic heterocycles. The average Bonchev–Trinajstić information content (AvgIpc) is 2.16. The summed E-state index contributed by atoms with van der Waals surface area (Å²) in [7, 11) is 0. The number of aldehydes is 1. The van der Waals surface area contributed by atoms with E-state index in [1.807, 2.05) is 13.0 Å². The zero-order chi connectivity index (χ0) is 10.7. The number of carboxylic acid groups (broad SMARTS) is 1. The van der Waals surface area contributed by atoms with E-state index in [0.717, 1.165) is 5.56 Å². The molecule has 1 N–H and O–H groups in total. The van der Waals surface area contributed by atoms with E-state index in [1.165, 1.54) is 0 Å². The Labute approximate surface area is 82.4 Å². The van der Waals surface area contributed by atoms with E-state index in [-0.39, 0.29) is 0 Å². The van der Waals surface area contributed by atoms with Gasteiger partial charge in [-0.1, -0.05) is 17.7 Å². The molecule has 0 heterocycles. The Kier molecular flexibility index (Phi) is 3.02. The predicted molar refractivity (Wildman–Crippen MR) is 52.6 cm³/mol. The zero-order valence-electron chi connectivity index (χ0n) is 8.15. The maximum Gasteiger partial charge on any atom is 0.310 e. The van der Waals surface area contributed by atoms with Crippen LogP contribution in [0.1, 0.15) is 34.3 Å². The molecule has 74 valence electrons. The third-order valence-electron chi connectivity index (χ3n) is 2.21. The molecule has 0 aliphatic heterocycles. The normalized spacial score (nSPS) is 12.1. The Balaban J connectivity index is 3.20. The molecule has 0 spiro atoms. The molecule has 0 fully saturated rings. The summed E-state index contributed by atoms with van der Waals surface area (Å²) in [5.74, 6) is -1.56. The lowest BCUT2D eigenvalue weighted by molar-refractivity contribution is -0.138. The van der Waals surface area contributed by atoms with Gasteiger partial charge in [0.05, 0.1) is 5.92 Å². The molecule has 1 aromatic carbocycles. The standard InChI is InChI=1S/C11H12O3/c1-7-3-4-10(8(2)11(13)14)9(5-7)6-12/h3-6,8H,1-2H3,(H,13,14). The summed E-state index contributed by atoms with van der Waals surface area (Å²) in [6, 6.07) is 5.20. The van der Waals surface area contributed by atoms with E-state index >= 15 is 0 Å². The van der Waals surface area contributed by atoms with Gasteiger partial charge in [0.25, 0.3) is 0 Å². The van der Waals surface area contributed by atoms with Gasteiger partial charge in [-0.3, -0.25) is 9.59 Å². The van der Waals surface area contributed by atoms with E-state index in [4.69, 9.17) is 5.11 Å². The summed E-state index contributed by atoms with van der Waals surface area (Å²) in [6.07, 6.45) is 0.696. The Bertz CT molecular complexity index is 369. The van der Waals surface area contributed by atoms with Crippen LogP contribution in [-0.2, 0) is 4.79 Å². The van der Waals surface area contributed by atoms with Crippen LogP contribution in [0, 0.1) is 6.92 Å². The number of hydrogen-bond donors (Lipinski definition) is 1. The third kappa shape index (κ3) is 1.99. The fraction of sp³-hybridized carbons (Fsp3) is 0.273. The van der Waals surface area contributed by atoms with Gasteiger partial charge in [0.15, 0.2) is 0 Å². The fourth-order valence-corrected chi connectivity index (χ4v) is 1.32. The number of carboxylic acids is 1. The molecule has 1 aromatic rings. The molecule has 0 saturated carbocycles. The number of hydrogen-bond acceptors (Lipinski definition) is 2. The lowest BCUT2D eigenvalue weighted by Crippen LogP contribution is -2.09. The molecule has 0 radical (unpaired) electrons. The van der Waals surface area contributed by atoms with Gasteiger partial charge >= 0.3 is 5.97 Å². The van der Waals surface area contributed by atoms with Gasteiger partial charge < -0.3 is 5.11 Å². The van der Waals surface area contributed by atoms with E-state index < -0.39 is 11.9 Å². The lowest BCUT2D eigenvalue weighted by atomic mass is 9.95. The van der Waals surface area contributed by atoms with Crippen LogP contribution >= 0.6 is 0 Å². The Hall–Kier alpha value is -1.64. The van der Waals surface area contributed by atoms with Crippen LogP contribution in [0.15, 0.2) is 18.2 Å². The summed E-state index contributed by atoms with van der Waals surface area (Å²) in [6.45, 7) is 3.43. The van der Waals surface area contributed by atoms with Crippen LogP contribution in [0.3, 0.4) is 0 Å². The van der Waals surface area contributed by atoms with Crippen molar-refractivity contribution >= 4 is 12.3 Å². The van der Waals surface area contributed by atoms with Crippen molar-refractivity contribution in [2.45, 2.75) is 19.8 Å². The van der Waals surface area contributed by atoms with Crippen molar-refractivity contribution in [2.75, 3.05) is 0 Å². The van der Waals surface area contributed by atoms with Crippen LogP contribution < -0.4 is 0 Å². The first-order valence-electron chi connectivity index (χ1n) is 4.34. The van der Waals surface area contributed by atoms with Crippen molar-refractivity contribution in [3.63, 3.8) is 0 Å². The van der Waals surface area contributed by atoms with Crippen LogP contribution in [0.25, 0.3) is 0 Å². The van der Waals surface area contributed by atoms with Crippen molar-refractivity contribution in [3.8, 4) is 0 Å². The van der Waals surface area contributed by atoms with Gasteiger partial charge in [-0.2, -0.15) is 0 Å². The smallest absolute Gasteiger partial charge is 0.310 e. The molecule has 0 aliphatic rings. The second kappa shape index (κ2) is 4.05. The van der Waals surface area contributed by atoms with E-state index in [9.17, 15) is 9.59 Å². The van der Waals surface area contributed by atoms with Crippen LogP contribution in [0.5, 0.6) is 0 Å². The van der Waals surface area contributed by atoms with Crippen LogP contribution in [0.4, 0.5) is 0 Å². The molecule has 1 rings (SSSR count). The largest absolute Gasteiger partial charge is 0.481 e. The first-order valence-corrected chi connectivity index (χ1v) is 4.34. The molecular weight excluding hydrogens is 180 g/mol. The maximum absolute atomic E-state index is 10.7. The average molecular weight is 192 g/mol. The van der Waals surface area contributed by atoms with Crippen molar-refractivity contribution in [3.05, 3.63) is 34.9 Å². The lowest BCUT2D eigenvalue weighted by Gasteiger charge is -2.09. The minimum Gasteiger partial charge on any atom is -0.481 e. The topological polar surface area (TPSA) is 54.4 Å². The van der Waals surface area contributed by atoms with Crippen LogP contribution in [0.2, 0.25) is 0 Å². The van der Waals surface area contributed by atoms with Crippen molar-refractivity contribution < 1.29 is 14.7 Å². The number of aryl methyl sites for hydroxylation is 1. The number of benzene rings is 1. The summed E-state index contributed by atoms with van der Waals surface area (Å²) in [4.78, 5) is 21.5. The fourth-order valence-electron chi connectivity index (χ4n) is 1.32. The maximum atomic E-state index is 10.7. The zero-order valence-corrected chi connectivity index (χ0v) is 8.15. The highest BCUT2D eigenvalue weighted by atomic mass is 16.4. The molecule has 3 nitrogen and oxygen atoms in total. The molecule has 0 amide bonds. The van der Waals surface area contributed by atoms with Gasteiger partial charge in [0.1, 0.15) is 6.29 Å². The molecular formula is C11H12O3. The highest BCUT2D eigenvalue weighted by Gasteiger charge is 2.16. The van der Waals surface area contributed by atoms with Crippen molar-refractivity contribution in [1.29, 1.82) is 0 Å². The van der Waals surface area contributed by atoms with Gasteiger partial charge in [-0.15, -0.1) is 0 Å². The third-order valence-corrected chi connectivity index (χ3v) is 2.21. The number of aliphatic carboxylic acids is 1. The SMILES string of the molecule is Cc1ccc(C(C)C(=O)O)c(C=O)c1. The van der Waals surface area contributed by atoms with E-state index in [1.54, 1.807) is 19.1 Å². The van der Waals surface area contributed by atoms with Crippen LogP contribution in [-0.4, -0.2) is 17.4 Å². The second-order valence-electron chi connectivity index (χ2n) is 3.31. The van der Waals surface area contributed by atoms with Gasteiger partial charge in [-0.05, 0) is 25.5 Å². The number of carbonyl (C=O) groups is 2. The van der Waals surface area contributed by atoms with E-state index in [0.29, 0.717) is 17.4 Å². The molecule has 3 heteroatoms. The monoisotopic (exact) mass is 192 g/mol. The Morgan fingerprint density at radius 2 is 2.14 bits per heavy atom. The van der Waals surface area contributed by atoms with Gasteiger partial charge in [0, 0.05) is 5.56 Å². The predicted octanol–water partition coefficient (Wildman–Crippen LogP) is 2.00. The molecule has 0 bridgehead atoms. The van der Waals surface area contributed by atoms with Gasteiger partial charge in [0.2, 0.25) is 0 Å². The highest BCUT2D eigenvalue weighted by Crippen LogP contribution is 2.20. The Morgan fingerprint density at radius 3 is 2.64 bits per heavy atom. The first kappa shape index (κ1) is 10.4. The summed E-state index contributed by atoms with van der Waals surface area (Å²) in [5, 5.41) is 8.81. The minimum atomic E-state index is -0.919. The summed E-state index contributed by atoms with van der Waals surface area (Å²) >= 11 is 0. The van der Waals surface area contributed by atoms with E-state index in [2.05, 4.69) is 0 Å². The van der Waals surface area contributed by atoms with Crippen molar-refractivity contribution in [2.24, 2.45) is 0 Å². The summed E-state index contributed by atoms with van der Waals surface area (Å²) in [5.41, 5.74) is 1.98. The quantitative estimate of drug-likeness (QED) is 0.745. The second-order valence-corrected chi connectivity index (χ2v) is 3.31. The first-order chi connectivity index (χ1) is 6.56. The van der Waals surface area contributed by atoms with Crippen molar-refractivity contribution in [1.82, 2.24) is 0 Å². The Morgan fingerprint density at radius 1 is 1.50 bits per heavy atom. The molecule has 0 aliphatic carbocycles.